The number of nitrogens with one attached hydrogen (secondary N) is 2. The topological polar surface area (TPSA) is 114 Å². The standard InChI is InChI=1S/C13H12Br2F4N4O4/c14-3-1-12(16,17)10(24)21-8-5-7(23(26)27)6-20-9(8)22-11(25)13(18,19)2-4-15/h5-6H,1-4H2,(H,21,24)(H,20,22,25). The molecular weight excluding hydrogens is 512 g/mol. The Kier molecular flexibility index (Phi) is 8.07. The molecule has 14 heteroatoms. The molecule has 0 spiro atoms. The first-order valence-electron chi connectivity index (χ1n) is 7.09. The van der Waals surface area contributed by atoms with E-state index in [0.29, 0.717) is 12.3 Å². The van der Waals surface area contributed by atoms with Crippen LogP contribution in [0.25, 0.3) is 0 Å². The summed E-state index contributed by atoms with van der Waals surface area (Å²) >= 11 is 5.50. The van der Waals surface area contributed by atoms with Gasteiger partial charge in [0.05, 0.1) is 10.6 Å². The van der Waals surface area contributed by atoms with Gasteiger partial charge in [0.15, 0.2) is 5.82 Å². The van der Waals surface area contributed by atoms with E-state index in [1.165, 1.54) is 0 Å². The van der Waals surface area contributed by atoms with Crippen molar-refractivity contribution in [2.75, 3.05) is 21.3 Å². The van der Waals surface area contributed by atoms with Crippen LogP contribution >= 0.6 is 31.9 Å². The van der Waals surface area contributed by atoms with Crippen LogP contribution in [-0.4, -0.2) is 44.2 Å². The van der Waals surface area contributed by atoms with Gasteiger partial charge < -0.3 is 10.6 Å². The molecule has 2 N–H and O–H groups in total. The van der Waals surface area contributed by atoms with Gasteiger partial charge in [0.25, 0.3) is 17.5 Å². The third kappa shape index (κ3) is 6.37. The number of pyridine rings is 1. The van der Waals surface area contributed by atoms with Gasteiger partial charge in [-0.2, -0.15) is 17.6 Å². The van der Waals surface area contributed by atoms with E-state index in [1.54, 1.807) is 10.6 Å². The molecule has 0 fully saturated rings. The van der Waals surface area contributed by atoms with Crippen molar-refractivity contribution in [2.24, 2.45) is 0 Å². The summed E-state index contributed by atoms with van der Waals surface area (Å²) in [6.45, 7) is 0. The number of nitrogens with zero attached hydrogens (tertiary/aromatic N) is 2. The minimum Gasteiger partial charge on any atom is -0.317 e. The largest absolute Gasteiger partial charge is 0.325 e. The van der Waals surface area contributed by atoms with Gasteiger partial charge in [-0.15, -0.1) is 0 Å². The van der Waals surface area contributed by atoms with Gasteiger partial charge in [0.2, 0.25) is 0 Å². The zero-order chi connectivity index (χ0) is 20.8. The highest BCUT2D eigenvalue weighted by molar-refractivity contribution is 9.09. The summed E-state index contributed by atoms with van der Waals surface area (Å²) in [6.07, 6.45) is -1.13. The average Bonchev–Trinajstić information content (AvgIpc) is 2.55. The molecule has 1 aromatic rings. The van der Waals surface area contributed by atoms with Crippen LogP contribution in [0.5, 0.6) is 0 Å². The van der Waals surface area contributed by atoms with Crippen molar-refractivity contribution in [3.8, 4) is 0 Å². The van der Waals surface area contributed by atoms with Crippen LogP contribution in [-0.2, 0) is 9.59 Å². The highest BCUT2D eigenvalue weighted by Crippen LogP contribution is 2.29. The highest BCUT2D eigenvalue weighted by atomic mass is 79.9. The molecule has 1 heterocycles. The molecule has 150 valence electrons. The molecule has 27 heavy (non-hydrogen) atoms. The predicted molar refractivity (Wildman–Crippen MR) is 94.9 cm³/mol. The van der Waals surface area contributed by atoms with Crippen molar-refractivity contribution in [3.63, 3.8) is 0 Å². The summed E-state index contributed by atoms with van der Waals surface area (Å²) in [5.74, 6) is -12.1. The van der Waals surface area contributed by atoms with Gasteiger partial charge >= 0.3 is 11.8 Å². The van der Waals surface area contributed by atoms with Crippen LogP contribution in [0.2, 0.25) is 0 Å². The molecule has 1 aromatic heterocycles. The van der Waals surface area contributed by atoms with E-state index in [4.69, 9.17) is 0 Å². The minimum absolute atomic E-state index is 0.205. The van der Waals surface area contributed by atoms with Gasteiger partial charge in [0.1, 0.15) is 6.20 Å². The number of carbonyl (C=O) groups excluding carboxylic acids is 2. The van der Waals surface area contributed by atoms with Crippen LogP contribution in [0.3, 0.4) is 0 Å². The summed E-state index contributed by atoms with van der Waals surface area (Å²) in [5, 5.41) is 13.7. The summed E-state index contributed by atoms with van der Waals surface area (Å²) in [5.41, 5.74) is -1.43. The Bertz CT molecular complexity index is 736. The third-order valence-electron chi connectivity index (χ3n) is 3.05. The third-order valence-corrected chi connectivity index (χ3v) is 3.84. The number of hydrogen-bond donors (Lipinski definition) is 2. The van der Waals surface area contributed by atoms with Crippen molar-refractivity contribution >= 4 is 60.9 Å². The van der Waals surface area contributed by atoms with Gasteiger partial charge in [-0.25, -0.2) is 4.98 Å². The highest BCUT2D eigenvalue weighted by Gasteiger charge is 2.40. The number of halogens is 6. The Labute approximate surface area is 166 Å². The zero-order valence-electron chi connectivity index (χ0n) is 13.3. The predicted octanol–water partition coefficient (Wildman–Crippen LogP) is 3.71. The van der Waals surface area contributed by atoms with E-state index in [-0.39, 0.29) is 10.7 Å². The van der Waals surface area contributed by atoms with Crippen LogP contribution in [0.4, 0.5) is 34.8 Å². The van der Waals surface area contributed by atoms with Crippen molar-refractivity contribution < 1.29 is 32.1 Å². The van der Waals surface area contributed by atoms with Crippen LogP contribution < -0.4 is 10.6 Å². The maximum Gasteiger partial charge on any atom is 0.325 e. The van der Waals surface area contributed by atoms with Crippen LogP contribution in [0.1, 0.15) is 12.8 Å². The minimum atomic E-state index is -3.85. The number of alkyl halides is 6. The Morgan fingerprint density at radius 2 is 1.56 bits per heavy atom. The second kappa shape index (κ2) is 9.39. The Morgan fingerprint density at radius 3 is 2.00 bits per heavy atom. The number of rotatable bonds is 9. The first kappa shape index (κ1) is 23.2. The van der Waals surface area contributed by atoms with E-state index >= 15 is 0 Å². The fraction of sp³-hybridized carbons (Fsp3) is 0.462. The number of anilines is 2. The van der Waals surface area contributed by atoms with Crippen molar-refractivity contribution in [1.82, 2.24) is 4.98 Å². The summed E-state index contributed by atoms with van der Waals surface area (Å²) in [4.78, 5) is 36.6. The van der Waals surface area contributed by atoms with Crippen LogP contribution in [0, 0.1) is 10.1 Å². The van der Waals surface area contributed by atoms with Gasteiger partial charge in [-0.3, -0.25) is 19.7 Å². The van der Waals surface area contributed by atoms with Crippen molar-refractivity contribution in [3.05, 3.63) is 22.4 Å². The fourth-order valence-corrected chi connectivity index (χ4v) is 2.62. The SMILES string of the molecule is O=C(Nc1cc([N+](=O)[O-])cnc1NC(=O)C(F)(F)CCBr)C(F)(F)CCBr. The van der Waals surface area contributed by atoms with E-state index in [1.807, 2.05) is 0 Å². The molecule has 0 aromatic carbocycles. The lowest BCUT2D eigenvalue weighted by Gasteiger charge is -2.18. The molecule has 0 atom stereocenters. The number of hydrogen-bond acceptors (Lipinski definition) is 5. The Morgan fingerprint density at radius 1 is 1.07 bits per heavy atom. The molecule has 0 bridgehead atoms. The molecular formula is C13H12Br2F4N4O4. The number of aromatic nitrogens is 1. The molecule has 0 radical (unpaired) electrons. The van der Waals surface area contributed by atoms with Crippen molar-refractivity contribution in [2.45, 2.75) is 24.7 Å². The second-order valence-corrected chi connectivity index (χ2v) is 6.63. The lowest BCUT2D eigenvalue weighted by Crippen LogP contribution is -2.37. The summed E-state index contributed by atoms with van der Waals surface area (Å²) < 4.78 is 54.5. The number of carbonyl (C=O) groups is 2. The average molecular weight is 524 g/mol. The molecule has 1 rings (SSSR count). The molecule has 0 unspecified atom stereocenters. The van der Waals surface area contributed by atoms with E-state index in [2.05, 4.69) is 36.8 Å². The maximum atomic E-state index is 13.6. The smallest absolute Gasteiger partial charge is 0.317 e. The summed E-state index contributed by atoms with van der Waals surface area (Å²) in [6, 6.07) is 0.618. The van der Waals surface area contributed by atoms with Gasteiger partial charge in [-0.1, -0.05) is 31.9 Å². The molecule has 8 nitrogen and oxygen atoms in total. The summed E-state index contributed by atoms with van der Waals surface area (Å²) in [7, 11) is 0. The molecule has 0 saturated carbocycles. The van der Waals surface area contributed by atoms with E-state index in [0.717, 1.165) is 0 Å². The first-order valence-corrected chi connectivity index (χ1v) is 9.34. The Hall–Kier alpha value is -1.83. The quantitative estimate of drug-likeness (QED) is 0.222. The molecule has 0 aliphatic heterocycles. The number of amides is 2. The van der Waals surface area contributed by atoms with E-state index < -0.39 is 58.6 Å². The van der Waals surface area contributed by atoms with Gasteiger partial charge in [0, 0.05) is 29.6 Å². The lowest BCUT2D eigenvalue weighted by atomic mass is 10.2. The monoisotopic (exact) mass is 522 g/mol. The number of nitro groups is 1. The van der Waals surface area contributed by atoms with E-state index in [9.17, 15) is 37.3 Å². The second-order valence-electron chi connectivity index (χ2n) is 5.04. The normalized spacial score (nSPS) is 11.8. The lowest BCUT2D eigenvalue weighted by molar-refractivity contribution is -0.385. The molecule has 0 aliphatic carbocycles. The molecule has 0 saturated heterocycles. The zero-order valence-corrected chi connectivity index (χ0v) is 16.5. The van der Waals surface area contributed by atoms with Crippen LogP contribution in [0.15, 0.2) is 12.3 Å². The fourth-order valence-electron chi connectivity index (χ4n) is 1.63. The van der Waals surface area contributed by atoms with Gasteiger partial charge in [-0.05, 0) is 0 Å². The Balaban J connectivity index is 3.20. The molecule has 2 amide bonds. The first-order chi connectivity index (χ1) is 12.4. The maximum absolute atomic E-state index is 13.6. The molecule has 0 aliphatic rings. The van der Waals surface area contributed by atoms with Crippen molar-refractivity contribution in [1.29, 1.82) is 0 Å².